The van der Waals surface area contributed by atoms with E-state index in [0.29, 0.717) is 5.92 Å². The zero-order chi connectivity index (χ0) is 10.9. The van der Waals surface area contributed by atoms with Gasteiger partial charge in [0.2, 0.25) is 10.0 Å². The van der Waals surface area contributed by atoms with Gasteiger partial charge >= 0.3 is 0 Å². The molecule has 1 saturated carbocycles. The van der Waals surface area contributed by atoms with Crippen molar-refractivity contribution >= 4 is 10.0 Å². The predicted octanol–water partition coefficient (Wildman–Crippen LogP) is 0.456. The van der Waals surface area contributed by atoms with Crippen LogP contribution in [0.1, 0.15) is 32.6 Å². The first-order valence-electron chi connectivity index (χ1n) is 5.81. The highest BCUT2D eigenvalue weighted by Gasteiger charge is 2.34. The third-order valence-corrected chi connectivity index (χ3v) is 5.45. The zero-order valence-electron chi connectivity index (χ0n) is 9.20. The van der Waals surface area contributed by atoms with E-state index in [2.05, 4.69) is 10.0 Å². The smallest absolute Gasteiger partial charge is 0.214 e. The number of hydrogen-bond acceptors (Lipinski definition) is 3. The van der Waals surface area contributed by atoms with Gasteiger partial charge in [0.1, 0.15) is 0 Å². The van der Waals surface area contributed by atoms with Crippen molar-refractivity contribution in [2.24, 2.45) is 5.92 Å². The lowest BCUT2D eigenvalue weighted by atomic mass is 10.2. The average molecular weight is 232 g/mol. The Morgan fingerprint density at radius 2 is 1.80 bits per heavy atom. The van der Waals surface area contributed by atoms with Gasteiger partial charge in [-0.1, -0.05) is 0 Å². The number of rotatable bonds is 4. The second kappa shape index (κ2) is 4.39. The van der Waals surface area contributed by atoms with Crippen LogP contribution in [0.15, 0.2) is 0 Å². The Labute approximate surface area is 91.9 Å². The molecule has 1 saturated heterocycles. The van der Waals surface area contributed by atoms with Crippen molar-refractivity contribution < 1.29 is 8.42 Å². The van der Waals surface area contributed by atoms with Crippen LogP contribution in [0.2, 0.25) is 0 Å². The van der Waals surface area contributed by atoms with Gasteiger partial charge in [-0.2, -0.15) is 0 Å². The SMILES string of the molecule is CC(NS(=O)(=O)C1CCNCC1)C1CC1. The van der Waals surface area contributed by atoms with Gasteiger partial charge in [0.05, 0.1) is 5.25 Å². The van der Waals surface area contributed by atoms with E-state index in [1.165, 1.54) is 12.8 Å². The summed E-state index contributed by atoms with van der Waals surface area (Å²) in [5, 5.41) is 3.00. The largest absolute Gasteiger partial charge is 0.317 e. The summed E-state index contributed by atoms with van der Waals surface area (Å²) < 4.78 is 26.8. The van der Waals surface area contributed by atoms with Crippen LogP contribution in [0.3, 0.4) is 0 Å². The Balaban J connectivity index is 1.92. The highest BCUT2D eigenvalue weighted by molar-refractivity contribution is 7.90. The molecular weight excluding hydrogens is 212 g/mol. The lowest BCUT2D eigenvalue weighted by Crippen LogP contribution is -2.45. The molecule has 0 aromatic rings. The maximum atomic E-state index is 12.0. The standard InChI is InChI=1S/C10H20N2O2S/c1-8(9-2-3-9)12-15(13,14)10-4-6-11-7-5-10/h8-12H,2-7H2,1H3. The first-order valence-corrected chi connectivity index (χ1v) is 7.36. The molecule has 0 bridgehead atoms. The summed E-state index contributed by atoms with van der Waals surface area (Å²) in [6.45, 7) is 3.63. The highest BCUT2D eigenvalue weighted by atomic mass is 32.2. The van der Waals surface area contributed by atoms with Crippen molar-refractivity contribution in [1.29, 1.82) is 0 Å². The van der Waals surface area contributed by atoms with Crippen LogP contribution in [-0.2, 0) is 10.0 Å². The van der Waals surface area contributed by atoms with Gasteiger partial charge in [-0.15, -0.1) is 0 Å². The fraction of sp³-hybridized carbons (Fsp3) is 1.00. The number of piperidine rings is 1. The van der Waals surface area contributed by atoms with E-state index in [9.17, 15) is 8.42 Å². The summed E-state index contributed by atoms with van der Waals surface area (Å²) in [7, 11) is -3.08. The average Bonchev–Trinajstić information content (AvgIpc) is 3.01. The van der Waals surface area contributed by atoms with E-state index < -0.39 is 10.0 Å². The molecule has 0 spiro atoms. The molecule has 2 fully saturated rings. The first kappa shape index (κ1) is 11.4. The maximum absolute atomic E-state index is 12.0. The summed E-state index contributed by atoms with van der Waals surface area (Å²) >= 11 is 0. The quantitative estimate of drug-likeness (QED) is 0.740. The molecule has 2 N–H and O–H groups in total. The normalized spacial score (nSPS) is 26.5. The van der Waals surface area contributed by atoms with Gasteiger partial charge in [0, 0.05) is 6.04 Å². The van der Waals surface area contributed by atoms with E-state index in [-0.39, 0.29) is 11.3 Å². The second-order valence-corrected chi connectivity index (χ2v) is 6.73. The summed E-state index contributed by atoms with van der Waals surface area (Å²) in [6.07, 6.45) is 3.84. The third-order valence-electron chi connectivity index (χ3n) is 3.40. The third kappa shape index (κ3) is 2.92. The first-order chi connectivity index (χ1) is 7.09. The molecule has 0 amide bonds. The van der Waals surface area contributed by atoms with Crippen LogP contribution >= 0.6 is 0 Å². The fourth-order valence-corrected chi connectivity index (χ4v) is 3.91. The maximum Gasteiger partial charge on any atom is 0.214 e. The molecule has 0 aromatic heterocycles. The Morgan fingerprint density at radius 1 is 1.20 bits per heavy atom. The molecule has 2 aliphatic rings. The molecular formula is C10H20N2O2S. The van der Waals surface area contributed by atoms with E-state index in [4.69, 9.17) is 0 Å². The Hall–Kier alpha value is -0.130. The van der Waals surface area contributed by atoms with Crippen LogP contribution in [0.4, 0.5) is 0 Å². The summed E-state index contributed by atoms with van der Waals surface area (Å²) in [5.74, 6) is 0.585. The van der Waals surface area contributed by atoms with Crippen molar-refractivity contribution in [3.63, 3.8) is 0 Å². The van der Waals surface area contributed by atoms with Crippen LogP contribution in [0.5, 0.6) is 0 Å². The molecule has 1 heterocycles. The minimum atomic E-state index is -3.08. The van der Waals surface area contributed by atoms with Gasteiger partial charge in [0.15, 0.2) is 0 Å². The van der Waals surface area contributed by atoms with E-state index in [0.717, 1.165) is 25.9 Å². The lowest BCUT2D eigenvalue weighted by molar-refractivity contribution is 0.476. The highest BCUT2D eigenvalue weighted by Crippen LogP contribution is 2.33. The van der Waals surface area contributed by atoms with Gasteiger partial charge in [0.25, 0.3) is 0 Å². The van der Waals surface area contributed by atoms with E-state index >= 15 is 0 Å². The molecule has 1 aliphatic carbocycles. The zero-order valence-corrected chi connectivity index (χ0v) is 10.0. The van der Waals surface area contributed by atoms with Crippen LogP contribution in [0.25, 0.3) is 0 Å². The molecule has 1 unspecified atom stereocenters. The van der Waals surface area contributed by atoms with Crippen molar-refractivity contribution in [3.8, 4) is 0 Å². The second-order valence-electron chi connectivity index (χ2n) is 4.74. The minimum absolute atomic E-state index is 0.130. The topological polar surface area (TPSA) is 58.2 Å². The number of nitrogens with one attached hydrogen (secondary N) is 2. The molecule has 0 aromatic carbocycles. The van der Waals surface area contributed by atoms with Crippen LogP contribution < -0.4 is 10.0 Å². The molecule has 2 rings (SSSR count). The van der Waals surface area contributed by atoms with Gasteiger partial charge in [-0.3, -0.25) is 0 Å². The van der Waals surface area contributed by atoms with Crippen molar-refractivity contribution in [2.45, 2.75) is 43.9 Å². The predicted molar refractivity (Wildman–Crippen MR) is 60.1 cm³/mol. The van der Waals surface area contributed by atoms with Crippen molar-refractivity contribution in [2.75, 3.05) is 13.1 Å². The van der Waals surface area contributed by atoms with Gasteiger partial charge < -0.3 is 5.32 Å². The molecule has 5 heteroatoms. The van der Waals surface area contributed by atoms with Gasteiger partial charge in [-0.25, -0.2) is 13.1 Å². The van der Waals surface area contributed by atoms with E-state index in [1.54, 1.807) is 0 Å². The Morgan fingerprint density at radius 3 is 2.33 bits per heavy atom. The molecule has 1 atom stereocenters. The molecule has 4 nitrogen and oxygen atoms in total. The molecule has 0 radical (unpaired) electrons. The van der Waals surface area contributed by atoms with Gasteiger partial charge in [-0.05, 0) is 51.6 Å². The van der Waals surface area contributed by atoms with E-state index in [1.807, 2.05) is 6.92 Å². The van der Waals surface area contributed by atoms with Crippen molar-refractivity contribution in [1.82, 2.24) is 10.0 Å². The Bertz CT molecular complexity index is 305. The fourth-order valence-electron chi connectivity index (χ4n) is 2.15. The Kier molecular flexibility index (Phi) is 3.33. The summed E-state index contributed by atoms with van der Waals surface area (Å²) in [4.78, 5) is 0. The van der Waals surface area contributed by atoms with Crippen LogP contribution in [0, 0.1) is 5.92 Å². The number of hydrogen-bond donors (Lipinski definition) is 2. The van der Waals surface area contributed by atoms with Crippen LogP contribution in [-0.4, -0.2) is 32.8 Å². The number of sulfonamides is 1. The molecule has 88 valence electrons. The monoisotopic (exact) mass is 232 g/mol. The summed E-state index contributed by atoms with van der Waals surface area (Å²) in [5.41, 5.74) is 0. The molecule has 1 aliphatic heterocycles. The van der Waals surface area contributed by atoms with Crippen molar-refractivity contribution in [3.05, 3.63) is 0 Å². The summed E-state index contributed by atoms with van der Waals surface area (Å²) in [6, 6.07) is 0.130. The lowest BCUT2D eigenvalue weighted by Gasteiger charge is -2.24. The molecule has 15 heavy (non-hydrogen) atoms. The minimum Gasteiger partial charge on any atom is -0.317 e.